The van der Waals surface area contributed by atoms with Gasteiger partial charge in [-0.2, -0.15) is 12.7 Å². The van der Waals surface area contributed by atoms with Crippen LogP contribution in [-0.4, -0.2) is 64.6 Å². The molecule has 0 radical (unpaired) electrons. The lowest BCUT2D eigenvalue weighted by Gasteiger charge is -2.26. The fourth-order valence-corrected chi connectivity index (χ4v) is 4.68. The predicted octanol–water partition coefficient (Wildman–Crippen LogP) is 1.68. The molecular formula is C20H20F3N5O6S. The van der Waals surface area contributed by atoms with Gasteiger partial charge >= 0.3 is 22.3 Å². The molecule has 188 valence electrons. The van der Waals surface area contributed by atoms with Crippen LogP contribution in [-0.2, 0) is 21.5 Å². The van der Waals surface area contributed by atoms with E-state index in [-0.39, 0.29) is 44.2 Å². The number of benzene rings is 1. The number of hydrogen-bond acceptors (Lipinski definition) is 7. The van der Waals surface area contributed by atoms with Crippen molar-refractivity contribution in [1.82, 2.24) is 18.4 Å². The maximum absolute atomic E-state index is 12.9. The zero-order valence-electron chi connectivity index (χ0n) is 18.0. The number of alkyl halides is 3. The number of pyridine rings is 1. The van der Waals surface area contributed by atoms with Gasteiger partial charge in [0, 0.05) is 19.3 Å². The summed E-state index contributed by atoms with van der Waals surface area (Å²) < 4.78 is 77.2. The van der Waals surface area contributed by atoms with Gasteiger partial charge in [0.15, 0.2) is 0 Å². The van der Waals surface area contributed by atoms with Gasteiger partial charge in [-0.3, -0.25) is 14.3 Å². The van der Waals surface area contributed by atoms with E-state index in [1.807, 2.05) is 0 Å². The van der Waals surface area contributed by atoms with E-state index >= 15 is 0 Å². The first kappa shape index (κ1) is 24.6. The number of nitrogens with one attached hydrogen (secondary N) is 1. The summed E-state index contributed by atoms with van der Waals surface area (Å²) in [5.74, 6) is -0.953. The van der Waals surface area contributed by atoms with Crippen molar-refractivity contribution in [2.75, 3.05) is 31.0 Å². The van der Waals surface area contributed by atoms with E-state index in [0.29, 0.717) is 5.56 Å². The Balaban J connectivity index is 1.58. The molecule has 0 bridgehead atoms. The molecular weight excluding hydrogens is 495 g/mol. The number of halogens is 3. The molecule has 2 aromatic heterocycles. The van der Waals surface area contributed by atoms with Crippen molar-refractivity contribution in [3.8, 4) is 17.3 Å². The van der Waals surface area contributed by atoms with E-state index in [0.717, 1.165) is 27.5 Å². The van der Waals surface area contributed by atoms with Gasteiger partial charge in [0.2, 0.25) is 5.88 Å². The molecule has 35 heavy (non-hydrogen) atoms. The van der Waals surface area contributed by atoms with Crippen LogP contribution in [0.15, 0.2) is 53.7 Å². The van der Waals surface area contributed by atoms with E-state index in [9.17, 15) is 31.5 Å². The molecule has 0 spiro atoms. The normalized spacial score (nSPS) is 15.2. The van der Waals surface area contributed by atoms with Crippen LogP contribution in [0.2, 0.25) is 0 Å². The lowest BCUT2D eigenvalue weighted by Crippen LogP contribution is -2.43. The molecule has 1 aliphatic rings. The highest BCUT2D eigenvalue weighted by atomic mass is 32.2. The maximum atomic E-state index is 12.9. The first-order valence-electron chi connectivity index (χ1n) is 10.2. The van der Waals surface area contributed by atoms with Gasteiger partial charge in [-0.25, -0.2) is 9.36 Å². The van der Waals surface area contributed by atoms with E-state index < -0.39 is 33.9 Å². The highest BCUT2D eigenvalue weighted by molar-refractivity contribution is 7.90. The minimum atomic E-state index is -4.87. The second-order valence-corrected chi connectivity index (χ2v) is 9.10. The molecule has 0 amide bonds. The minimum absolute atomic E-state index is 0.101. The highest BCUT2D eigenvalue weighted by Crippen LogP contribution is 2.25. The number of hydrogen-bond donors (Lipinski definition) is 2. The third-order valence-electron chi connectivity index (χ3n) is 5.07. The van der Waals surface area contributed by atoms with Crippen LogP contribution in [0.25, 0.3) is 5.69 Å². The summed E-state index contributed by atoms with van der Waals surface area (Å²) in [5, 5.41) is 10.3. The first-order chi connectivity index (χ1) is 16.5. The number of morpholine rings is 1. The summed E-state index contributed by atoms with van der Waals surface area (Å²) in [6.07, 6.45) is -1.02. The van der Waals surface area contributed by atoms with Crippen molar-refractivity contribution in [3.63, 3.8) is 0 Å². The molecule has 0 saturated carbocycles. The van der Waals surface area contributed by atoms with Gasteiger partial charge in [-0.1, -0.05) is 0 Å². The van der Waals surface area contributed by atoms with Crippen LogP contribution in [0.3, 0.4) is 0 Å². The monoisotopic (exact) mass is 515 g/mol. The highest BCUT2D eigenvalue weighted by Gasteiger charge is 2.31. The summed E-state index contributed by atoms with van der Waals surface area (Å²) in [5.41, 5.74) is -0.0636. The molecule has 15 heteroatoms. The van der Waals surface area contributed by atoms with Crippen molar-refractivity contribution < 1.29 is 36.2 Å². The van der Waals surface area contributed by atoms with E-state index in [1.54, 1.807) is 0 Å². The van der Waals surface area contributed by atoms with Crippen molar-refractivity contribution in [2.45, 2.75) is 12.9 Å². The van der Waals surface area contributed by atoms with Crippen molar-refractivity contribution >= 4 is 15.9 Å². The molecule has 3 heterocycles. The van der Waals surface area contributed by atoms with Crippen LogP contribution < -0.4 is 15.1 Å². The molecule has 11 nitrogen and oxygen atoms in total. The van der Waals surface area contributed by atoms with Crippen LogP contribution >= 0.6 is 0 Å². The Kier molecular flexibility index (Phi) is 6.73. The Morgan fingerprint density at radius 2 is 1.83 bits per heavy atom. The summed E-state index contributed by atoms with van der Waals surface area (Å²) >= 11 is 0. The second kappa shape index (κ2) is 9.59. The van der Waals surface area contributed by atoms with Crippen molar-refractivity contribution in [2.24, 2.45) is 0 Å². The largest absolute Gasteiger partial charge is 0.573 e. The molecule has 1 aromatic carbocycles. The van der Waals surface area contributed by atoms with E-state index in [1.165, 1.54) is 34.9 Å². The smallest absolute Gasteiger partial charge is 0.493 e. The van der Waals surface area contributed by atoms with Crippen molar-refractivity contribution in [1.29, 1.82) is 0 Å². The number of anilines is 1. The summed E-state index contributed by atoms with van der Waals surface area (Å²) in [7, 11) is -3.89. The number of nitrogens with zero attached hydrogens (tertiary/aromatic N) is 4. The minimum Gasteiger partial charge on any atom is -0.493 e. The number of imidazole rings is 1. The van der Waals surface area contributed by atoms with Gasteiger partial charge in [-0.05, 0) is 35.9 Å². The zero-order chi connectivity index (χ0) is 25.2. The number of rotatable bonds is 7. The Hall–Kier alpha value is -3.56. The number of aromatic hydroxyl groups is 1. The first-order valence-corrected chi connectivity index (χ1v) is 11.6. The quantitative estimate of drug-likeness (QED) is 0.490. The average molecular weight is 515 g/mol. The maximum Gasteiger partial charge on any atom is 0.573 e. The Morgan fingerprint density at radius 3 is 2.49 bits per heavy atom. The van der Waals surface area contributed by atoms with Gasteiger partial charge in [0.25, 0.3) is 0 Å². The fourth-order valence-electron chi connectivity index (χ4n) is 3.46. The molecule has 1 saturated heterocycles. The molecule has 1 aliphatic heterocycles. The van der Waals surface area contributed by atoms with Gasteiger partial charge in [-0.15, -0.1) is 13.2 Å². The summed E-state index contributed by atoms with van der Waals surface area (Å²) in [6.45, 7) is 0.790. The fraction of sp³-hybridized carbons (Fsp3) is 0.300. The molecule has 0 unspecified atom stereocenters. The van der Waals surface area contributed by atoms with Crippen LogP contribution in [0.4, 0.5) is 18.9 Å². The Morgan fingerprint density at radius 1 is 1.14 bits per heavy atom. The summed E-state index contributed by atoms with van der Waals surface area (Å²) in [6, 6.07) is 5.89. The predicted molar refractivity (Wildman–Crippen MR) is 117 cm³/mol. The number of aromatic nitrogens is 3. The lowest BCUT2D eigenvalue weighted by molar-refractivity contribution is -0.274. The Labute approximate surface area is 197 Å². The molecule has 3 aromatic rings. The third-order valence-corrected chi connectivity index (χ3v) is 6.59. The molecule has 1 fully saturated rings. The Bertz CT molecular complexity index is 1350. The summed E-state index contributed by atoms with van der Waals surface area (Å²) in [4.78, 5) is 16.9. The molecule has 0 atom stereocenters. The van der Waals surface area contributed by atoms with Crippen molar-refractivity contribution in [3.05, 3.63) is 65.0 Å². The lowest BCUT2D eigenvalue weighted by atomic mass is 10.2. The van der Waals surface area contributed by atoms with E-state index in [2.05, 4.69) is 14.4 Å². The average Bonchev–Trinajstić information content (AvgIpc) is 3.08. The molecule has 2 N–H and O–H groups in total. The topological polar surface area (TPSA) is 128 Å². The van der Waals surface area contributed by atoms with Gasteiger partial charge < -0.3 is 14.6 Å². The van der Waals surface area contributed by atoms with Crippen LogP contribution in [0.1, 0.15) is 5.56 Å². The molecule has 0 aliphatic carbocycles. The van der Waals surface area contributed by atoms with Crippen LogP contribution in [0, 0.1) is 0 Å². The zero-order valence-corrected chi connectivity index (χ0v) is 18.8. The standard InChI is InChI=1S/C20H20F3N5O6S/c21-20(22,23)34-16-3-1-15(2-4-16)28-18(29)13-26(19(28)30)12-14-5-6-24-11-17(14)25-35(31,32)27-7-9-33-10-8-27/h1-6,11,13,25,29H,7-10,12H2. The van der Waals surface area contributed by atoms with E-state index in [4.69, 9.17) is 4.74 Å². The molecule has 4 rings (SSSR count). The van der Waals surface area contributed by atoms with Crippen LogP contribution in [0.5, 0.6) is 11.6 Å². The number of ether oxygens (including phenoxy) is 2. The SMILES string of the molecule is O=c1n(Cc2ccncc2NS(=O)(=O)N2CCOCC2)cc(O)n1-c1ccc(OC(F)(F)F)cc1. The second-order valence-electron chi connectivity index (χ2n) is 7.43. The van der Waals surface area contributed by atoms with Gasteiger partial charge in [0.1, 0.15) is 5.75 Å². The van der Waals surface area contributed by atoms with Gasteiger partial charge in [0.05, 0.1) is 43.5 Å². The third kappa shape index (κ3) is 5.75.